The molecule has 4 bridgehead atoms. The Labute approximate surface area is 115 Å². The van der Waals surface area contributed by atoms with Crippen LogP contribution in [-0.2, 0) is 4.79 Å². The summed E-state index contributed by atoms with van der Waals surface area (Å²) in [5.74, 6) is 5.21. The number of nitrogens with two attached hydrogens (primary N) is 1. The van der Waals surface area contributed by atoms with Crippen molar-refractivity contribution in [3.8, 4) is 0 Å². The second kappa shape index (κ2) is 4.47. The predicted octanol–water partition coefficient (Wildman–Crippen LogP) is 1.87. The van der Waals surface area contributed by atoms with Crippen LogP contribution in [-0.4, -0.2) is 30.4 Å². The molecule has 19 heavy (non-hydrogen) atoms. The second-order valence-electron chi connectivity index (χ2n) is 7.60. The van der Waals surface area contributed by atoms with Crippen LogP contribution >= 0.6 is 0 Å². The monoisotopic (exact) mass is 262 g/mol. The minimum absolute atomic E-state index is 0.122. The van der Waals surface area contributed by atoms with Gasteiger partial charge in [-0.3, -0.25) is 4.79 Å². The Morgan fingerprint density at radius 1 is 1.05 bits per heavy atom. The lowest BCUT2D eigenvalue weighted by Crippen LogP contribution is -2.49. The van der Waals surface area contributed by atoms with Crippen LogP contribution in [0.15, 0.2) is 0 Å². The normalized spacial score (nSPS) is 48.3. The summed E-state index contributed by atoms with van der Waals surface area (Å²) in [7, 11) is 0. The molecule has 1 aliphatic heterocycles. The maximum atomic E-state index is 12.2. The molecule has 0 aromatic heterocycles. The van der Waals surface area contributed by atoms with Gasteiger partial charge in [-0.2, -0.15) is 0 Å². The van der Waals surface area contributed by atoms with Gasteiger partial charge in [0.05, 0.1) is 5.92 Å². The number of hydrogen-bond acceptors (Lipinski definition) is 2. The Morgan fingerprint density at radius 2 is 1.68 bits per heavy atom. The number of hydrogen-bond donors (Lipinski definition) is 1. The van der Waals surface area contributed by atoms with Gasteiger partial charge in [-0.05, 0) is 68.1 Å². The zero-order valence-electron chi connectivity index (χ0n) is 11.8. The highest BCUT2D eigenvalue weighted by Crippen LogP contribution is 2.56. The van der Waals surface area contributed by atoms with E-state index in [4.69, 9.17) is 5.73 Å². The largest absolute Gasteiger partial charge is 0.342 e. The first kappa shape index (κ1) is 12.2. The fraction of sp³-hybridized carbons (Fsp3) is 0.938. The van der Waals surface area contributed by atoms with E-state index in [0.717, 1.165) is 49.1 Å². The fourth-order valence-electron chi connectivity index (χ4n) is 5.79. The van der Waals surface area contributed by atoms with Crippen molar-refractivity contribution in [2.75, 3.05) is 19.6 Å². The van der Waals surface area contributed by atoms with Crippen molar-refractivity contribution in [1.82, 2.24) is 4.90 Å². The molecule has 1 saturated heterocycles. The molecule has 4 aliphatic carbocycles. The van der Waals surface area contributed by atoms with E-state index in [1.165, 1.54) is 32.1 Å². The average molecular weight is 262 g/mol. The van der Waals surface area contributed by atoms with Gasteiger partial charge in [0.2, 0.25) is 5.91 Å². The molecule has 3 nitrogen and oxygen atoms in total. The van der Waals surface area contributed by atoms with Gasteiger partial charge in [-0.25, -0.2) is 0 Å². The van der Waals surface area contributed by atoms with Crippen molar-refractivity contribution in [1.29, 1.82) is 0 Å². The molecule has 0 radical (unpaired) electrons. The Bertz CT molecular complexity index is 353. The second-order valence-corrected chi connectivity index (χ2v) is 7.60. The van der Waals surface area contributed by atoms with E-state index < -0.39 is 0 Å². The van der Waals surface area contributed by atoms with Gasteiger partial charge in [0.15, 0.2) is 0 Å². The lowest BCUT2D eigenvalue weighted by Gasteiger charge is -2.55. The standard InChI is InChI=1S/C16H26N2O/c17-8-12-1-2-18(16(12)19)9-15-13-4-10-3-11(6-13)7-14(15)5-10/h10-15H,1-9,17H2. The third-order valence-corrected chi connectivity index (χ3v) is 6.55. The summed E-state index contributed by atoms with van der Waals surface area (Å²) < 4.78 is 0. The Kier molecular flexibility index (Phi) is 2.87. The first-order valence-electron chi connectivity index (χ1n) is 8.23. The van der Waals surface area contributed by atoms with Crippen LogP contribution in [0.25, 0.3) is 0 Å². The minimum atomic E-state index is 0.122. The SMILES string of the molecule is NCC1CCN(CC2C3CC4CC(C3)CC2C4)C1=O. The molecular formula is C16H26N2O. The average Bonchev–Trinajstić information content (AvgIpc) is 2.74. The molecule has 2 N–H and O–H groups in total. The van der Waals surface area contributed by atoms with E-state index >= 15 is 0 Å². The summed E-state index contributed by atoms with van der Waals surface area (Å²) in [6, 6.07) is 0. The molecule has 1 atom stereocenters. The molecule has 0 spiro atoms. The van der Waals surface area contributed by atoms with Gasteiger partial charge in [-0.15, -0.1) is 0 Å². The lowest BCUT2D eigenvalue weighted by molar-refractivity contribution is -0.133. The number of likely N-dealkylation sites (tertiary alicyclic amines) is 1. The number of amides is 1. The Hall–Kier alpha value is -0.570. The number of nitrogens with zero attached hydrogens (tertiary/aromatic N) is 1. The van der Waals surface area contributed by atoms with Crippen molar-refractivity contribution in [2.45, 2.75) is 38.5 Å². The van der Waals surface area contributed by atoms with E-state index in [2.05, 4.69) is 4.90 Å². The van der Waals surface area contributed by atoms with Crippen LogP contribution in [0, 0.1) is 35.5 Å². The molecular weight excluding hydrogens is 236 g/mol. The molecule has 4 saturated carbocycles. The molecule has 106 valence electrons. The molecule has 3 heteroatoms. The quantitative estimate of drug-likeness (QED) is 0.844. The fourth-order valence-corrected chi connectivity index (χ4v) is 5.79. The molecule has 5 rings (SSSR count). The van der Waals surface area contributed by atoms with Gasteiger partial charge in [0.1, 0.15) is 0 Å². The number of carbonyl (C=O) groups is 1. The van der Waals surface area contributed by atoms with E-state index in [1.807, 2.05) is 0 Å². The molecule has 5 aliphatic rings. The van der Waals surface area contributed by atoms with E-state index in [-0.39, 0.29) is 5.92 Å². The molecule has 1 amide bonds. The summed E-state index contributed by atoms with van der Waals surface area (Å²) in [4.78, 5) is 14.4. The van der Waals surface area contributed by atoms with Crippen LogP contribution in [0.3, 0.4) is 0 Å². The Balaban J connectivity index is 1.45. The predicted molar refractivity (Wildman–Crippen MR) is 74.3 cm³/mol. The molecule has 0 aromatic carbocycles. The van der Waals surface area contributed by atoms with Crippen molar-refractivity contribution >= 4 is 5.91 Å². The van der Waals surface area contributed by atoms with Crippen LogP contribution in [0.4, 0.5) is 0 Å². The van der Waals surface area contributed by atoms with Crippen molar-refractivity contribution < 1.29 is 4.79 Å². The third-order valence-electron chi connectivity index (χ3n) is 6.55. The maximum absolute atomic E-state index is 12.2. The van der Waals surface area contributed by atoms with Gasteiger partial charge < -0.3 is 10.6 Å². The van der Waals surface area contributed by atoms with Crippen LogP contribution in [0.2, 0.25) is 0 Å². The van der Waals surface area contributed by atoms with Gasteiger partial charge in [0, 0.05) is 19.6 Å². The zero-order chi connectivity index (χ0) is 13.0. The van der Waals surface area contributed by atoms with Crippen LogP contribution < -0.4 is 5.73 Å². The molecule has 1 heterocycles. The molecule has 1 unspecified atom stereocenters. The smallest absolute Gasteiger partial charge is 0.227 e. The molecule has 0 aromatic rings. The van der Waals surface area contributed by atoms with Gasteiger partial charge >= 0.3 is 0 Å². The Morgan fingerprint density at radius 3 is 2.21 bits per heavy atom. The van der Waals surface area contributed by atoms with Crippen LogP contribution in [0.1, 0.15) is 38.5 Å². The van der Waals surface area contributed by atoms with Crippen molar-refractivity contribution in [3.05, 3.63) is 0 Å². The van der Waals surface area contributed by atoms with Gasteiger partial charge in [0.25, 0.3) is 0 Å². The topological polar surface area (TPSA) is 46.3 Å². The number of carbonyl (C=O) groups excluding carboxylic acids is 1. The first-order chi connectivity index (χ1) is 9.24. The van der Waals surface area contributed by atoms with Crippen LogP contribution in [0.5, 0.6) is 0 Å². The maximum Gasteiger partial charge on any atom is 0.227 e. The highest BCUT2D eigenvalue weighted by Gasteiger charge is 2.49. The van der Waals surface area contributed by atoms with E-state index in [9.17, 15) is 4.79 Å². The van der Waals surface area contributed by atoms with E-state index in [1.54, 1.807) is 0 Å². The number of rotatable bonds is 3. The summed E-state index contributed by atoms with van der Waals surface area (Å²) in [6.45, 7) is 2.55. The summed E-state index contributed by atoms with van der Waals surface area (Å²) in [5.41, 5.74) is 5.69. The highest BCUT2D eigenvalue weighted by atomic mass is 16.2. The summed E-state index contributed by atoms with van der Waals surface area (Å²) in [6.07, 6.45) is 8.33. The highest BCUT2D eigenvalue weighted by molar-refractivity contribution is 5.81. The lowest BCUT2D eigenvalue weighted by atomic mass is 9.52. The van der Waals surface area contributed by atoms with Gasteiger partial charge in [-0.1, -0.05) is 0 Å². The third kappa shape index (κ3) is 1.93. The van der Waals surface area contributed by atoms with Crippen molar-refractivity contribution in [2.24, 2.45) is 41.2 Å². The summed E-state index contributed by atoms with van der Waals surface area (Å²) >= 11 is 0. The minimum Gasteiger partial charge on any atom is -0.342 e. The zero-order valence-corrected chi connectivity index (χ0v) is 11.8. The van der Waals surface area contributed by atoms with Crippen molar-refractivity contribution in [3.63, 3.8) is 0 Å². The first-order valence-corrected chi connectivity index (χ1v) is 8.23. The van der Waals surface area contributed by atoms with E-state index in [0.29, 0.717) is 12.5 Å². The summed E-state index contributed by atoms with van der Waals surface area (Å²) in [5, 5.41) is 0. The molecule has 5 fully saturated rings.